The molecule has 1 unspecified atom stereocenters. The van der Waals surface area contributed by atoms with Gasteiger partial charge in [0.25, 0.3) is 0 Å². The summed E-state index contributed by atoms with van der Waals surface area (Å²) in [6.45, 7) is 17.4. The number of aromatic nitrogens is 2. The Balaban J connectivity index is 0.00000124. The Morgan fingerprint density at radius 1 is 1.17 bits per heavy atom. The van der Waals surface area contributed by atoms with Gasteiger partial charge in [0, 0.05) is 42.6 Å². The van der Waals surface area contributed by atoms with Crippen LogP contribution in [0.15, 0.2) is 59.9 Å². The number of morpholine rings is 1. The predicted octanol–water partition coefficient (Wildman–Crippen LogP) is 5.41. The molecule has 0 radical (unpaired) electrons. The molecule has 7 nitrogen and oxygen atoms in total. The van der Waals surface area contributed by atoms with Gasteiger partial charge in [-0.2, -0.15) is 5.26 Å². The van der Waals surface area contributed by atoms with Crippen molar-refractivity contribution in [2.75, 3.05) is 44.4 Å². The van der Waals surface area contributed by atoms with Crippen LogP contribution in [-0.4, -0.2) is 55.6 Å². The van der Waals surface area contributed by atoms with Crippen LogP contribution in [0.2, 0.25) is 0 Å². The summed E-state index contributed by atoms with van der Waals surface area (Å²) in [6.07, 6.45) is 11.9. The molecule has 2 saturated heterocycles. The SMILES string of the molecule is C=c1[nH]c(-c2ccc(N3CCOCC3)cc2)n/c1=C(/C=C\C)C1(C)C=C(C#N)C(OC2CCOCC2)=CC1.CCC. The lowest BCUT2D eigenvalue weighted by Crippen LogP contribution is -2.36. The first-order valence-corrected chi connectivity index (χ1v) is 14.9. The normalized spacial score (nSPS) is 22.3. The van der Waals surface area contributed by atoms with Gasteiger partial charge in [0.2, 0.25) is 0 Å². The first kappa shape index (κ1) is 30.4. The summed E-state index contributed by atoms with van der Waals surface area (Å²) in [4.78, 5) is 10.7. The molecule has 1 atom stereocenters. The minimum absolute atomic E-state index is 0.0880. The van der Waals surface area contributed by atoms with Gasteiger partial charge in [-0.15, -0.1) is 0 Å². The van der Waals surface area contributed by atoms with Crippen LogP contribution in [0, 0.1) is 16.7 Å². The maximum absolute atomic E-state index is 9.99. The highest BCUT2D eigenvalue weighted by molar-refractivity contribution is 5.68. The van der Waals surface area contributed by atoms with Crippen molar-refractivity contribution in [3.63, 3.8) is 0 Å². The van der Waals surface area contributed by atoms with Crippen LogP contribution in [0.1, 0.15) is 53.4 Å². The van der Waals surface area contributed by atoms with E-state index in [2.05, 4.69) is 79.7 Å². The molecule has 5 rings (SSSR count). The molecule has 2 aromatic rings. The van der Waals surface area contributed by atoms with Crippen molar-refractivity contribution in [1.82, 2.24) is 9.97 Å². The predicted molar refractivity (Wildman–Crippen MR) is 165 cm³/mol. The zero-order valence-corrected chi connectivity index (χ0v) is 25.0. The maximum atomic E-state index is 9.99. The second kappa shape index (κ2) is 14.3. The van der Waals surface area contributed by atoms with E-state index < -0.39 is 5.41 Å². The van der Waals surface area contributed by atoms with E-state index in [1.165, 1.54) is 12.1 Å². The Kier molecular flexibility index (Phi) is 10.6. The summed E-state index contributed by atoms with van der Waals surface area (Å²) < 4.78 is 17.2. The lowest BCUT2D eigenvalue weighted by Gasteiger charge is -2.32. The molecule has 2 aliphatic heterocycles. The van der Waals surface area contributed by atoms with Crippen molar-refractivity contribution in [2.45, 2.75) is 59.5 Å². The fourth-order valence-electron chi connectivity index (χ4n) is 5.35. The second-order valence-corrected chi connectivity index (χ2v) is 11.0. The number of anilines is 1. The number of rotatable bonds is 6. The number of allylic oxidation sites excluding steroid dienone is 5. The van der Waals surface area contributed by atoms with Gasteiger partial charge in [-0.25, -0.2) is 4.98 Å². The monoisotopic (exact) mass is 556 g/mol. The van der Waals surface area contributed by atoms with Crippen molar-refractivity contribution in [3.05, 3.63) is 70.6 Å². The fourth-order valence-corrected chi connectivity index (χ4v) is 5.35. The van der Waals surface area contributed by atoms with Crippen molar-refractivity contribution < 1.29 is 14.2 Å². The van der Waals surface area contributed by atoms with Crippen molar-refractivity contribution in [1.29, 1.82) is 5.26 Å². The Labute approximate surface area is 244 Å². The summed E-state index contributed by atoms with van der Waals surface area (Å²) in [5.74, 6) is 1.46. The van der Waals surface area contributed by atoms with Gasteiger partial charge >= 0.3 is 0 Å². The Bertz CT molecular complexity index is 1400. The van der Waals surface area contributed by atoms with Crippen molar-refractivity contribution >= 4 is 17.8 Å². The van der Waals surface area contributed by atoms with E-state index in [0.29, 0.717) is 31.0 Å². The molecule has 41 heavy (non-hydrogen) atoms. The van der Waals surface area contributed by atoms with E-state index in [-0.39, 0.29) is 6.10 Å². The highest BCUT2D eigenvalue weighted by Gasteiger charge is 2.32. The van der Waals surface area contributed by atoms with Crippen molar-refractivity contribution in [2.24, 2.45) is 5.41 Å². The Morgan fingerprint density at radius 3 is 2.46 bits per heavy atom. The lowest BCUT2D eigenvalue weighted by molar-refractivity contribution is -0.00206. The van der Waals surface area contributed by atoms with E-state index in [4.69, 9.17) is 19.2 Å². The number of aromatic amines is 1. The summed E-state index contributed by atoms with van der Waals surface area (Å²) in [5, 5.41) is 11.6. The van der Waals surface area contributed by atoms with E-state index in [0.717, 1.165) is 66.8 Å². The highest BCUT2D eigenvalue weighted by atomic mass is 16.5. The summed E-state index contributed by atoms with van der Waals surface area (Å²) in [7, 11) is 0. The molecular weight excluding hydrogens is 512 g/mol. The Morgan fingerprint density at radius 2 is 1.83 bits per heavy atom. The fraction of sp³-hybridized carbons (Fsp3) is 0.471. The van der Waals surface area contributed by atoms with E-state index >= 15 is 0 Å². The number of imidazole rings is 1. The van der Waals surface area contributed by atoms with Gasteiger partial charge < -0.3 is 24.1 Å². The zero-order chi connectivity index (χ0) is 29.2. The summed E-state index contributed by atoms with van der Waals surface area (Å²) in [6, 6.07) is 10.8. The molecular formula is C34H44N4O3. The summed E-state index contributed by atoms with van der Waals surface area (Å²) in [5.41, 5.74) is 3.35. The number of benzene rings is 1. The quantitative estimate of drug-likeness (QED) is 0.513. The molecule has 1 N–H and O–H groups in total. The number of ether oxygens (including phenoxy) is 3. The highest BCUT2D eigenvalue weighted by Crippen LogP contribution is 2.41. The molecule has 0 spiro atoms. The van der Waals surface area contributed by atoms with Crippen LogP contribution in [0.25, 0.3) is 23.5 Å². The number of nitrogens with zero attached hydrogens (tertiary/aromatic N) is 3. The van der Waals surface area contributed by atoms with Crippen molar-refractivity contribution in [3.8, 4) is 17.5 Å². The lowest BCUT2D eigenvalue weighted by atomic mass is 9.74. The third kappa shape index (κ3) is 7.38. The van der Waals surface area contributed by atoms with E-state index in [9.17, 15) is 5.26 Å². The zero-order valence-electron chi connectivity index (χ0n) is 25.0. The second-order valence-electron chi connectivity index (χ2n) is 11.0. The number of nitriles is 1. The van der Waals surface area contributed by atoms with Gasteiger partial charge in [-0.1, -0.05) is 52.0 Å². The largest absolute Gasteiger partial charge is 0.489 e. The minimum Gasteiger partial charge on any atom is -0.489 e. The van der Waals surface area contributed by atoms with E-state index in [1.807, 2.05) is 19.1 Å². The molecule has 0 bridgehead atoms. The van der Waals surface area contributed by atoms with E-state index in [1.54, 1.807) is 0 Å². The molecule has 2 fully saturated rings. The van der Waals surface area contributed by atoms with Gasteiger partial charge in [0.15, 0.2) is 0 Å². The van der Waals surface area contributed by atoms with Crippen LogP contribution in [0.4, 0.5) is 5.69 Å². The molecule has 7 heteroatoms. The maximum Gasteiger partial charge on any atom is 0.138 e. The number of nitrogens with one attached hydrogen (secondary N) is 1. The molecule has 1 aliphatic carbocycles. The number of H-pyrrole nitrogens is 1. The van der Waals surface area contributed by atoms with Gasteiger partial charge in [0.05, 0.1) is 42.7 Å². The van der Waals surface area contributed by atoms with Crippen LogP contribution in [-0.2, 0) is 14.2 Å². The number of hydrogen-bond donors (Lipinski definition) is 1. The number of hydrogen-bond acceptors (Lipinski definition) is 6. The third-order valence-corrected chi connectivity index (χ3v) is 7.52. The van der Waals surface area contributed by atoms with Gasteiger partial charge in [-0.3, -0.25) is 0 Å². The average molecular weight is 557 g/mol. The van der Waals surface area contributed by atoms with Crippen LogP contribution >= 0.6 is 0 Å². The first-order valence-electron chi connectivity index (χ1n) is 14.9. The van der Waals surface area contributed by atoms with Gasteiger partial charge in [0.1, 0.15) is 23.8 Å². The molecule has 0 amide bonds. The molecule has 1 aromatic heterocycles. The first-order chi connectivity index (χ1) is 19.9. The molecule has 3 aliphatic rings. The van der Waals surface area contributed by atoms with Crippen LogP contribution in [0.3, 0.4) is 0 Å². The van der Waals surface area contributed by atoms with Gasteiger partial charge in [-0.05, 0) is 49.3 Å². The molecule has 1 aromatic carbocycles. The Hall–Kier alpha value is -3.60. The molecule has 3 heterocycles. The van der Waals surface area contributed by atoms with Crippen LogP contribution < -0.4 is 15.6 Å². The molecule has 0 saturated carbocycles. The third-order valence-electron chi connectivity index (χ3n) is 7.52. The smallest absolute Gasteiger partial charge is 0.138 e. The average Bonchev–Trinajstić information content (AvgIpc) is 3.39. The van der Waals surface area contributed by atoms with Crippen LogP contribution in [0.5, 0.6) is 0 Å². The summed E-state index contributed by atoms with van der Waals surface area (Å²) >= 11 is 0. The standard InChI is InChI=1S/C31H36N4O3.C3H8/c1-4-5-27(31(3)13-10-28(24(20-31)21-32)38-26-11-16-36-17-12-26)29-22(2)33-30(34-29)23-6-8-25(9-7-23)35-14-18-37-19-15-35;1-3-2/h4-10,20,26H,2,11-19H2,1,3H3,(H,33,34);3H2,1-2H3/b5-4-,29-27-;. The topological polar surface area (TPSA) is 83.4 Å². The minimum atomic E-state index is -0.431. The molecule has 218 valence electrons.